The summed E-state index contributed by atoms with van der Waals surface area (Å²) in [7, 11) is -3.00. The van der Waals surface area contributed by atoms with E-state index in [0.29, 0.717) is 6.42 Å². The van der Waals surface area contributed by atoms with E-state index in [1.807, 2.05) is 0 Å². The first-order valence-electron chi connectivity index (χ1n) is 5.23. The Morgan fingerprint density at radius 1 is 1.59 bits per heavy atom. The molecule has 0 aromatic carbocycles. The maximum absolute atomic E-state index is 11.3. The number of nitrogens with zero attached hydrogens (tertiary/aromatic N) is 2. The van der Waals surface area contributed by atoms with Crippen molar-refractivity contribution in [2.24, 2.45) is 0 Å². The average molecular weight is 260 g/mol. The Balaban J connectivity index is 2.11. The van der Waals surface area contributed by atoms with Crippen LogP contribution < -0.4 is 0 Å². The second-order valence-corrected chi connectivity index (χ2v) is 6.01. The zero-order chi connectivity index (χ0) is 12.5. The minimum atomic E-state index is -3.00. The van der Waals surface area contributed by atoms with Crippen LogP contribution in [0.15, 0.2) is 4.52 Å². The van der Waals surface area contributed by atoms with E-state index in [1.54, 1.807) is 6.92 Å². The van der Waals surface area contributed by atoms with Crippen molar-refractivity contribution < 1.29 is 22.5 Å². The Hall–Kier alpha value is -1.44. The van der Waals surface area contributed by atoms with Gasteiger partial charge in [-0.3, -0.25) is 0 Å². The van der Waals surface area contributed by atoms with E-state index in [9.17, 15) is 13.2 Å². The predicted molar refractivity (Wildman–Crippen MR) is 56.3 cm³/mol. The maximum Gasteiger partial charge on any atom is 0.397 e. The number of aromatic nitrogens is 2. The molecule has 0 N–H and O–H groups in total. The fourth-order valence-corrected chi connectivity index (χ4v) is 3.41. The SMILES string of the molecule is CCOC(=O)c1nc(C2CCS(=O)(=O)C2)no1. The molecule has 0 bridgehead atoms. The van der Waals surface area contributed by atoms with Gasteiger partial charge in [-0.05, 0) is 13.3 Å². The van der Waals surface area contributed by atoms with Gasteiger partial charge in [0.1, 0.15) is 0 Å². The summed E-state index contributed by atoms with van der Waals surface area (Å²) in [6.45, 7) is 1.88. The molecule has 8 heteroatoms. The molecular formula is C9H12N2O5S. The lowest BCUT2D eigenvalue weighted by atomic mass is 10.1. The number of hydrogen-bond acceptors (Lipinski definition) is 7. The van der Waals surface area contributed by atoms with Gasteiger partial charge in [-0.15, -0.1) is 0 Å². The van der Waals surface area contributed by atoms with Gasteiger partial charge in [0, 0.05) is 5.92 Å². The molecule has 1 aromatic heterocycles. The molecule has 0 saturated carbocycles. The minimum Gasteiger partial charge on any atom is -0.459 e. The fourth-order valence-electron chi connectivity index (χ4n) is 1.68. The highest BCUT2D eigenvalue weighted by Crippen LogP contribution is 2.26. The van der Waals surface area contributed by atoms with Crippen LogP contribution in [-0.2, 0) is 14.6 Å². The highest BCUT2D eigenvalue weighted by molar-refractivity contribution is 7.91. The Bertz CT molecular complexity index is 521. The summed E-state index contributed by atoms with van der Waals surface area (Å²) in [5.41, 5.74) is 0. The molecule has 2 heterocycles. The lowest BCUT2D eigenvalue weighted by Gasteiger charge is -1.98. The highest BCUT2D eigenvalue weighted by atomic mass is 32.2. The first kappa shape index (κ1) is 12.0. The van der Waals surface area contributed by atoms with E-state index >= 15 is 0 Å². The van der Waals surface area contributed by atoms with E-state index in [1.165, 1.54) is 0 Å². The normalized spacial score (nSPS) is 22.5. The molecule has 0 amide bonds. The topological polar surface area (TPSA) is 99.4 Å². The van der Waals surface area contributed by atoms with Gasteiger partial charge in [0.2, 0.25) is 0 Å². The molecule has 1 saturated heterocycles. The summed E-state index contributed by atoms with van der Waals surface area (Å²) in [5, 5.41) is 3.62. The van der Waals surface area contributed by atoms with Crippen LogP contribution in [0.5, 0.6) is 0 Å². The van der Waals surface area contributed by atoms with Gasteiger partial charge in [0.15, 0.2) is 15.7 Å². The number of esters is 1. The van der Waals surface area contributed by atoms with Crippen molar-refractivity contribution in [3.05, 3.63) is 11.7 Å². The lowest BCUT2D eigenvalue weighted by molar-refractivity contribution is 0.0470. The minimum absolute atomic E-state index is 0.00873. The fraction of sp³-hybridized carbons (Fsp3) is 0.667. The third-order valence-electron chi connectivity index (χ3n) is 2.49. The van der Waals surface area contributed by atoms with E-state index in [4.69, 9.17) is 9.26 Å². The van der Waals surface area contributed by atoms with E-state index in [-0.39, 0.29) is 35.7 Å². The van der Waals surface area contributed by atoms with Crippen LogP contribution in [0.4, 0.5) is 0 Å². The molecule has 0 spiro atoms. The second kappa shape index (κ2) is 4.44. The van der Waals surface area contributed by atoms with Crippen molar-refractivity contribution >= 4 is 15.8 Å². The molecule has 1 aromatic rings. The monoisotopic (exact) mass is 260 g/mol. The number of carbonyl (C=O) groups excluding carboxylic acids is 1. The van der Waals surface area contributed by atoms with Crippen LogP contribution in [0.3, 0.4) is 0 Å². The molecule has 94 valence electrons. The lowest BCUT2D eigenvalue weighted by Crippen LogP contribution is -2.07. The van der Waals surface area contributed by atoms with Crippen molar-refractivity contribution in [3.8, 4) is 0 Å². The Kier molecular flexibility index (Phi) is 3.14. The van der Waals surface area contributed by atoms with Crippen molar-refractivity contribution in [1.82, 2.24) is 10.1 Å². The highest BCUT2D eigenvalue weighted by Gasteiger charge is 2.33. The van der Waals surface area contributed by atoms with Crippen LogP contribution >= 0.6 is 0 Å². The summed E-state index contributed by atoms with van der Waals surface area (Å²) in [5.74, 6) is -0.810. The second-order valence-electron chi connectivity index (χ2n) is 3.78. The molecule has 17 heavy (non-hydrogen) atoms. The van der Waals surface area contributed by atoms with E-state index in [2.05, 4.69) is 10.1 Å². The zero-order valence-corrected chi connectivity index (χ0v) is 10.1. The molecule has 1 aliphatic rings. The Labute approximate surface area is 98.1 Å². The van der Waals surface area contributed by atoms with Crippen LogP contribution in [0, 0.1) is 0 Å². The average Bonchev–Trinajstić information content (AvgIpc) is 2.84. The largest absolute Gasteiger partial charge is 0.459 e. The number of carbonyl (C=O) groups is 1. The molecule has 7 nitrogen and oxygen atoms in total. The smallest absolute Gasteiger partial charge is 0.397 e. The Morgan fingerprint density at radius 2 is 2.35 bits per heavy atom. The van der Waals surface area contributed by atoms with Crippen LogP contribution in [0.2, 0.25) is 0 Å². The third-order valence-corrected chi connectivity index (χ3v) is 4.26. The van der Waals surface area contributed by atoms with E-state index in [0.717, 1.165) is 0 Å². The number of ether oxygens (including phenoxy) is 1. The molecule has 0 aliphatic carbocycles. The number of rotatable bonds is 3. The number of sulfone groups is 1. The van der Waals surface area contributed by atoms with Gasteiger partial charge < -0.3 is 9.26 Å². The maximum atomic E-state index is 11.3. The van der Waals surface area contributed by atoms with Gasteiger partial charge in [-0.2, -0.15) is 4.98 Å². The molecule has 1 aliphatic heterocycles. The molecule has 1 unspecified atom stereocenters. The van der Waals surface area contributed by atoms with Gasteiger partial charge in [0.25, 0.3) is 0 Å². The van der Waals surface area contributed by atoms with Crippen molar-refractivity contribution in [3.63, 3.8) is 0 Å². The molecule has 2 rings (SSSR count). The summed E-state index contributed by atoms with van der Waals surface area (Å²) < 4.78 is 32.0. The van der Waals surface area contributed by atoms with Gasteiger partial charge >= 0.3 is 11.9 Å². The van der Waals surface area contributed by atoms with Crippen molar-refractivity contribution in [2.75, 3.05) is 18.1 Å². The van der Waals surface area contributed by atoms with Crippen LogP contribution in [0.25, 0.3) is 0 Å². The molecule has 1 atom stereocenters. The molecular weight excluding hydrogens is 248 g/mol. The third kappa shape index (κ3) is 2.63. The number of hydrogen-bond donors (Lipinski definition) is 0. The van der Waals surface area contributed by atoms with E-state index < -0.39 is 15.8 Å². The zero-order valence-electron chi connectivity index (χ0n) is 9.25. The summed E-state index contributed by atoms with van der Waals surface area (Å²) in [6, 6.07) is 0. The van der Waals surface area contributed by atoms with Crippen molar-refractivity contribution in [1.29, 1.82) is 0 Å². The van der Waals surface area contributed by atoms with Gasteiger partial charge in [0.05, 0.1) is 18.1 Å². The quantitative estimate of drug-likeness (QED) is 0.713. The van der Waals surface area contributed by atoms with Crippen molar-refractivity contribution in [2.45, 2.75) is 19.3 Å². The summed E-state index contributed by atoms with van der Waals surface area (Å²) in [6.07, 6.45) is 0.462. The van der Waals surface area contributed by atoms with Crippen LogP contribution in [-0.4, -0.2) is 42.6 Å². The van der Waals surface area contributed by atoms with Gasteiger partial charge in [-0.1, -0.05) is 5.16 Å². The summed E-state index contributed by atoms with van der Waals surface area (Å²) >= 11 is 0. The summed E-state index contributed by atoms with van der Waals surface area (Å²) in [4.78, 5) is 15.1. The van der Waals surface area contributed by atoms with Crippen LogP contribution in [0.1, 0.15) is 35.8 Å². The Morgan fingerprint density at radius 3 is 2.94 bits per heavy atom. The molecule has 1 fully saturated rings. The first-order valence-corrected chi connectivity index (χ1v) is 7.05. The molecule has 0 radical (unpaired) electrons. The first-order chi connectivity index (χ1) is 8.02. The van der Waals surface area contributed by atoms with Gasteiger partial charge in [-0.25, -0.2) is 13.2 Å². The predicted octanol–water partition coefficient (Wildman–Crippen LogP) is 0.148. The standard InChI is InChI=1S/C9H12N2O5S/c1-2-15-9(12)8-10-7(11-16-8)6-3-4-17(13,14)5-6/h6H,2-5H2,1H3.